The molecule has 0 aromatic carbocycles. The highest BCUT2D eigenvalue weighted by Crippen LogP contribution is 2.07. The minimum absolute atomic E-state index is 0.108. The molecule has 0 amide bonds. The van der Waals surface area contributed by atoms with Crippen LogP contribution in [0.2, 0.25) is 0 Å². The summed E-state index contributed by atoms with van der Waals surface area (Å²) in [5, 5.41) is 3.18. The molecule has 5 nitrogen and oxygen atoms in total. The van der Waals surface area contributed by atoms with Gasteiger partial charge >= 0.3 is 0 Å². The van der Waals surface area contributed by atoms with Crippen LogP contribution in [0, 0.1) is 0 Å². The number of rotatable bonds is 7. The molecule has 16 heavy (non-hydrogen) atoms. The van der Waals surface area contributed by atoms with Gasteiger partial charge in [-0.15, -0.1) is 0 Å². The van der Waals surface area contributed by atoms with Crippen molar-refractivity contribution in [3.63, 3.8) is 0 Å². The molecule has 0 radical (unpaired) electrons. The third kappa shape index (κ3) is 5.25. The molecule has 2 N–H and O–H groups in total. The summed E-state index contributed by atoms with van der Waals surface area (Å²) in [5.41, 5.74) is 0. The Labute approximate surface area is 98.0 Å². The van der Waals surface area contributed by atoms with E-state index in [1.54, 1.807) is 0 Å². The van der Waals surface area contributed by atoms with E-state index in [0.717, 1.165) is 19.4 Å². The summed E-state index contributed by atoms with van der Waals surface area (Å²) >= 11 is 0. The zero-order valence-corrected chi connectivity index (χ0v) is 10.8. The normalized spacial score (nSPS) is 23.5. The molecular weight excluding hydrogens is 228 g/mol. The SMILES string of the molecule is CCOCC(C)NS(=O)(=O)CC1CCCN1. The van der Waals surface area contributed by atoms with Gasteiger partial charge in [0, 0.05) is 18.7 Å². The smallest absolute Gasteiger partial charge is 0.213 e. The number of hydrogen-bond donors (Lipinski definition) is 2. The van der Waals surface area contributed by atoms with Gasteiger partial charge in [0.15, 0.2) is 0 Å². The Morgan fingerprint density at radius 3 is 2.88 bits per heavy atom. The molecule has 1 heterocycles. The fourth-order valence-corrected chi connectivity index (χ4v) is 3.44. The van der Waals surface area contributed by atoms with Gasteiger partial charge in [-0.3, -0.25) is 0 Å². The Bertz CT molecular complexity index is 286. The maximum absolute atomic E-state index is 11.8. The van der Waals surface area contributed by atoms with Crippen molar-refractivity contribution in [3.8, 4) is 0 Å². The average Bonchev–Trinajstić information content (AvgIpc) is 2.65. The lowest BCUT2D eigenvalue weighted by Gasteiger charge is -2.16. The molecule has 0 spiro atoms. The van der Waals surface area contributed by atoms with Crippen molar-refractivity contribution in [2.24, 2.45) is 0 Å². The van der Waals surface area contributed by atoms with Crippen molar-refractivity contribution in [1.29, 1.82) is 0 Å². The van der Waals surface area contributed by atoms with Crippen molar-refractivity contribution in [1.82, 2.24) is 10.0 Å². The number of hydrogen-bond acceptors (Lipinski definition) is 4. The molecule has 1 aliphatic heterocycles. The number of nitrogens with one attached hydrogen (secondary N) is 2. The molecule has 1 fully saturated rings. The highest BCUT2D eigenvalue weighted by Gasteiger charge is 2.23. The van der Waals surface area contributed by atoms with Crippen LogP contribution in [0.5, 0.6) is 0 Å². The average molecular weight is 250 g/mol. The Kier molecular flexibility index (Phi) is 5.68. The second kappa shape index (κ2) is 6.54. The van der Waals surface area contributed by atoms with Crippen LogP contribution in [0.25, 0.3) is 0 Å². The van der Waals surface area contributed by atoms with Gasteiger partial charge in [-0.1, -0.05) is 0 Å². The Balaban J connectivity index is 2.32. The summed E-state index contributed by atoms with van der Waals surface area (Å²) in [6.07, 6.45) is 2.01. The summed E-state index contributed by atoms with van der Waals surface area (Å²) in [6, 6.07) is -0.0526. The first-order valence-corrected chi connectivity index (χ1v) is 7.50. The van der Waals surface area contributed by atoms with Crippen LogP contribution >= 0.6 is 0 Å². The van der Waals surface area contributed by atoms with E-state index in [4.69, 9.17) is 4.74 Å². The van der Waals surface area contributed by atoms with Crippen LogP contribution in [0.15, 0.2) is 0 Å². The second-order valence-corrected chi connectivity index (χ2v) is 6.05. The van der Waals surface area contributed by atoms with Gasteiger partial charge < -0.3 is 10.1 Å². The first kappa shape index (κ1) is 13.9. The van der Waals surface area contributed by atoms with Gasteiger partial charge in [0.05, 0.1) is 12.4 Å². The third-order valence-electron chi connectivity index (χ3n) is 2.54. The first-order valence-electron chi connectivity index (χ1n) is 5.84. The fourth-order valence-electron chi connectivity index (χ4n) is 1.85. The highest BCUT2D eigenvalue weighted by atomic mass is 32.2. The van der Waals surface area contributed by atoms with Crippen molar-refractivity contribution >= 4 is 10.0 Å². The standard InChI is InChI=1S/C10H22N2O3S/c1-3-15-7-9(2)12-16(13,14)8-10-5-4-6-11-10/h9-12H,3-8H2,1-2H3. The lowest BCUT2D eigenvalue weighted by Crippen LogP contribution is -2.42. The van der Waals surface area contributed by atoms with E-state index >= 15 is 0 Å². The van der Waals surface area contributed by atoms with Crippen LogP contribution in [0.1, 0.15) is 26.7 Å². The van der Waals surface area contributed by atoms with Crippen LogP contribution in [0.3, 0.4) is 0 Å². The predicted octanol–water partition coefficient (Wildman–Crippen LogP) is 0.0828. The molecule has 2 atom stereocenters. The maximum Gasteiger partial charge on any atom is 0.213 e. The summed E-state index contributed by atoms with van der Waals surface area (Å²) in [5.74, 6) is 0.170. The summed E-state index contributed by atoms with van der Waals surface area (Å²) in [6.45, 7) is 5.66. The Morgan fingerprint density at radius 1 is 1.56 bits per heavy atom. The third-order valence-corrected chi connectivity index (χ3v) is 4.14. The number of sulfonamides is 1. The van der Waals surface area contributed by atoms with E-state index in [1.807, 2.05) is 13.8 Å². The summed E-state index contributed by atoms with van der Waals surface area (Å²) in [4.78, 5) is 0. The second-order valence-electron chi connectivity index (χ2n) is 4.25. The van der Waals surface area contributed by atoms with E-state index in [9.17, 15) is 8.42 Å². The summed E-state index contributed by atoms with van der Waals surface area (Å²) in [7, 11) is -3.19. The van der Waals surface area contributed by atoms with Crippen molar-refractivity contribution in [2.75, 3.05) is 25.5 Å². The van der Waals surface area contributed by atoms with Crippen LogP contribution < -0.4 is 10.0 Å². The van der Waals surface area contributed by atoms with Crippen LogP contribution in [0.4, 0.5) is 0 Å². The molecule has 0 aliphatic carbocycles. The lowest BCUT2D eigenvalue weighted by molar-refractivity contribution is 0.133. The van der Waals surface area contributed by atoms with Gasteiger partial charge in [0.1, 0.15) is 0 Å². The topological polar surface area (TPSA) is 67.4 Å². The molecular formula is C10H22N2O3S. The van der Waals surface area contributed by atoms with Crippen molar-refractivity contribution in [2.45, 2.75) is 38.8 Å². The molecule has 1 saturated heterocycles. The quantitative estimate of drug-likeness (QED) is 0.671. The monoisotopic (exact) mass is 250 g/mol. The van der Waals surface area contributed by atoms with Crippen molar-refractivity contribution < 1.29 is 13.2 Å². The van der Waals surface area contributed by atoms with Gasteiger partial charge in [-0.2, -0.15) is 0 Å². The first-order chi connectivity index (χ1) is 7.53. The maximum atomic E-state index is 11.8. The van der Waals surface area contributed by atoms with Crippen molar-refractivity contribution in [3.05, 3.63) is 0 Å². The zero-order valence-electron chi connectivity index (χ0n) is 10.0. The molecule has 1 aliphatic rings. The number of ether oxygens (including phenoxy) is 1. The molecule has 0 aromatic rings. The molecule has 1 rings (SSSR count). The lowest BCUT2D eigenvalue weighted by atomic mass is 10.3. The summed E-state index contributed by atoms with van der Waals surface area (Å²) < 4.78 is 31.3. The van der Waals surface area contributed by atoms with Crippen LogP contribution in [-0.2, 0) is 14.8 Å². The van der Waals surface area contributed by atoms with E-state index < -0.39 is 10.0 Å². The molecule has 96 valence electrons. The largest absolute Gasteiger partial charge is 0.380 e. The van der Waals surface area contributed by atoms with E-state index in [1.165, 1.54) is 0 Å². The van der Waals surface area contributed by atoms with Gasteiger partial charge in [0.25, 0.3) is 0 Å². The molecule has 2 unspecified atom stereocenters. The molecule has 6 heteroatoms. The predicted molar refractivity (Wildman–Crippen MR) is 63.9 cm³/mol. The van der Waals surface area contributed by atoms with E-state index in [0.29, 0.717) is 13.2 Å². The van der Waals surface area contributed by atoms with Crippen LogP contribution in [-0.4, -0.2) is 46.0 Å². The zero-order chi connectivity index (χ0) is 12.0. The molecule has 0 aromatic heterocycles. The van der Waals surface area contributed by atoms with Gasteiger partial charge in [0.2, 0.25) is 10.0 Å². The highest BCUT2D eigenvalue weighted by molar-refractivity contribution is 7.89. The Morgan fingerprint density at radius 2 is 2.31 bits per heavy atom. The van der Waals surface area contributed by atoms with E-state index in [2.05, 4.69) is 10.0 Å². The van der Waals surface area contributed by atoms with E-state index in [-0.39, 0.29) is 17.8 Å². The van der Waals surface area contributed by atoms with Gasteiger partial charge in [-0.25, -0.2) is 13.1 Å². The molecule has 0 bridgehead atoms. The minimum atomic E-state index is -3.19. The Hall–Kier alpha value is -0.170. The van der Waals surface area contributed by atoms with Gasteiger partial charge in [-0.05, 0) is 33.2 Å². The molecule has 0 saturated carbocycles. The minimum Gasteiger partial charge on any atom is -0.380 e. The fraction of sp³-hybridized carbons (Fsp3) is 1.00.